The molecular formula is C18H25NO4. The van der Waals surface area contributed by atoms with E-state index in [0.29, 0.717) is 6.42 Å². The fourth-order valence-electron chi connectivity index (χ4n) is 3.82. The van der Waals surface area contributed by atoms with Crippen molar-refractivity contribution in [2.75, 3.05) is 14.2 Å². The molecule has 0 unspecified atom stereocenters. The number of carbonyl (C=O) groups excluding carboxylic acids is 2. The quantitative estimate of drug-likeness (QED) is 0.619. The second-order valence-electron chi connectivity index (χ2n) is 7.28. The highest BCUT2D eigenvalue weighted by molar-refractivity contribution is 6.01. The summed E-state index contributed by atoms with van der Waals surface area (Å²) in [4.78, 5) is 29.5. The molecule has 5 heteroatoms. The summed E-state index contributed by atoms with van der Waals surface area (Å²) in [5.74, 6) is -1.09. The molecule has 0 bridgehead atoms. The highest BCUT2D eigenvalue weighted by Crippen LogP contribution is 2.45. The zero-order valence-electron chi connectivity index (χ0n) is 15.0. The van der Waals surface area contributed by atoms with Gasteiger partial charge >= 0.3 is 11.9 Å². The van der Waals surface area contributed by atoms with E-state index < -0.39 is 17.4 Å². The van der Waals surface area contributed by atoms with Crippen LogP contribution in [-0.4, -0.2) is 31.1 Å². The first-order valence-electron chi connectivity index (χ1n) is 7.74. The lowest BCUT2D eigenvalue weighted by molar-refractivity contribution is -0.168. The van der Waals surface area contributed by atoms with Gasteiger partial charge in [-0.2, -0.15) is 0 Å². The number of aryl methyl sites for hydroxylation is 2. The van der Waals surface area contributed by atoms with Gasteiger partial charge in [0.2, 0.25) is 0 Å². The van der Waals surface area contributed by atoms with E-state index in [1.807, 2.05) is 13.8 Å². The smallest absolute Gasteiger partial charge is 0.323 e. The van der Waals surface area contributed by atoms with Crippen molar-refractivity contribution in [3.63, 3.8) is 0 Å². The molecule has 1 aliphatic rings. The van der Waals surface area contributed by atoms with E-state index in [9.17, 15) is 9.59 Å². The molecule has 1 aliphatic carbocycles. The normalized spacial score (nSPS) is 16.0. The molecule has 0 saturated carbocycles. The Morgan fingerprint density at radius 3 is 1.87 bits per heavy atom. The van der Waals surface area contributed by atoms with Gasteiger partial charge in [-0.05, 0) is 36.0 Å². The van der Waals surface area contributed by atoms with Gasteiger partial charge in [0.15, 0.2) is 5.41 Å². The van der Waals surface area contributed by atoms with E-state index in [0.717, 1.165) is 28.1 Å². The number of hydrogen-bond donors (Lipinski definition) is 0. The predicted octanol–water partition coefficient (Wildman–Crippen LogP) is 2.43. The third-order valence-corrected chi connectivity index (χ3v) is 4.66. The minimum Gasteiger partial charge on any atom is -0.468 e. The van der Waals surface area contributed by atoms with Crippen LogP contribution < -0.4 is 0 Å². The van der Waals surface area contributed by atoms with Gasteiger partial charge in [0.25, 0.3) is 0 Å². The molecule has 1 aromatic rings. The Balaban J connectivity index is 2.70. The number of esters is 2. The average Bonchev–Trinajstić information content (AvgIpc) is 2.85. The number of methoxy groups -OCH3 is 2. The lowest BCUT2D eigenvalue weighted by Crippen LogP contribution is -2.42. The molecule has 1 aromatic heterocycles. The minimum absolute atomic E-state index is 0.128. The maximum atomic E-state index is 12.4. The van der Waals surface area contributed by atoms with Gasteiger partial charge in [0, 0.05) is 24.2 Å². The second kappa shape index (κ2) is 5.62. The Hall–Kier alpha value is -1.91. The first-order chi connectivity index (χ1) is 10.6. The maximum absolute atomic E-state index is 12.4. The maximum Gasteiger partial charge on any atom is 0.323 e. The lowest BCUT2D eigenvalue weighted by atomic mass is 9.79. The Kier molecular flexibility index (Phi) is 4.26. The Bertz CT molecular complexity index is 655. The number of fused-ring (bicyclic) bond motifs is 1. The summed E-state index contributed by atoms with van der Waals surface area (Å²) in [6.45, 7) is 10.2. The van der Waals surface area contributed by atoms with Crippen LogP contribution in [-0.2, 0) is 37.3 Å². The van der Waals surface area contributed by atoms with E-state index in [1.165, 1.54) is 14.2 Å². The average molecular weight is 319 g/mol. The summed E-state index contributed by atoms with van der Waals surface area (Å²) in [5.41, 5.74) is 3.49. The molecule has 23 heavy (non-hydrogen) atoms. The molecular weight excluding hydrogens is 294 g/mol. The van der Waals surface area contributed by atoms with Gasteiger partial charge in [0.1, 0.15) is 0 Å². The van der Waals surface area contributed by atoms with Crippen LogP contribution in [0.25, 0.3) is 0 Å². The first-order valence-corrected chi connectivity index (χ1v) is 7.74. The number of aromatic nitrogens is 1. The van der Waals surface area contributed by atoms with Gasteiger partial charge in [-0.3, -0.25) is 14.6 Å². The summed E-state index contributed by atoms with van der Waals surface area (Å²) in [6.07, 6.45) is 0.586. The molecule has 1 heterocycles. The Morgan fingerprint density at radius 2 is 1.43 bits per heavy atom. The van der Waals surface area contributed by atoms with Crippen molar-refractivity contribution in [1.29, 1.82) is 0 Å². The summed E-state index contributed by atoms with van der Waals surface area (Å²) in [7, 11) is 2.61. The largest absolute Gasteiger partial charge is 0.468 e. The monoisotopic (exact) mass is 319 g/mol. The van der Waals surface area contributed by atoms with Gasteiger partial charge in [-0.1, -0.05) is 20.8 Å². The van der Waals surface area contributed by atoms with Crippen LogP contribution in [0.15, 0.2) is 0 Å². The molecule has 0 fully saturated rings. The van der Waals surface area contributed by atoms with E-state index in [4.69, 9.17) is 9.47 Å². The van der Waals surface area contributed by atoms with Crippen LogP contribution in [0, 0.1) is 19.3 Å². The lowest BCUT2D eigenvalue weighted by Gasteiger charge is -2.26. The fraction of sp³-hybridized carbons (Fsp3) is 0.611. The van der Waals surface area contributed by atoms with Crippen molar-refractivity contribution in [1.82, 2.24) is 4.98 Å². The zero-order chi connectivity index (χ0) is 17.6. The molecule has 0 aliphatic heterocycles. The van der Waals surface area contributed by atoms with Crippen molar-refractivity contribution in [3.8, 4) is 0 Å². The van der Waals surface area contributed by atoms with Crippen LogP contribution >= 0.6 is 0 Å². The zero-order valence-corrected chi connectivity index (χ0v) is 15.0. The van der Waals surface area contributed by atoms with Gasteiger partial charge in [-0.15, -0.1) is 0 Å². The van der Waals surface area contributed by atoms with E-state index in [1.54, 1.807) is 0 Å². The molecule has 0 atom stereocenters. The fourth-order valence-corrected chi connectivity index (χ4v) is 3.82. The SMILES string of the molecule is COC(=O)C1(C(=O)OC)Cc2c(C)nc(C)c(C(C)(C)C)c2C1. The minimum atomic E-state index is -1.30. The third kappa shape index (κ3) is 2.62. The van der Waals surface area contributed by atoms with Gasteiger partial charge in [0.05, 0.1) is 14.2 Å². The summed E-state index contributed by atoms with van der Waals surface area (Å²) >= 11 is 0. The van der Waals surface area contributed by atoms with Gasteiger partial charge in [-0.25, -0.2) is 0 Å². The molecule has 0 amide bonds. The highest BCUT2D eigenvalue weighted by Gasteiger charge is 2.54. The molecule has 0 saturated heterocycles. The number of ether oxygens (including phenoxy) is 2. The topological polar surface area (TPSA) is 65.5 Å². The van der Waals surface area contributed by atoms with Crippen molar-refractivity contribution in [2.24, 2.45) is 5.41 Å². The summed E-state index contributed by atoms with van der Waals surface area (Å²) in [6, 6.07) is 0. The van der Waals surface area contributed by atoms with Crippen molar-refractivity contribution >= 4 is 11.9 Å². The second-order valence-corrected chi connectivity index (χ2v) is 7.28. The molecule has 0 radical (unpaired) electrons. The molecule has 5 nitrogen and oxygen atoms in total. The van der Waals surface area contributed by atoms with Crippen molar-refractivity contribution in [3.05, 3.63) is 28.1 Å². The molecule has 126 valence electrons. The van der Waals surface area contributed by atoms with Crippen molar-refractivity contribution < 1.29 is 19.1 Å². The molecule has 0 N–H and O–H groups in total. The number of carbonyl (C=O) groups is 2. The van der Waals surface area contributed by atoms with Gasteiger partial charge < -0.3 is 9.47 Å². The predicted molar refractivity (Wildman–Crippen MR) is 86.3 cm³/mol. The van der Waals surface area contributed by atoms with Crippen LogP contribution in [0.3, 0.4) is 0 Å². The summed E-state index contributed by atoms with van der Waals surface area (Å²) in [5, 5.41) is 0. The molecule has 0 spiro atoms. The van der Waals surface area contributed by atoms with Crippen molar-refractivity contribution in [2.45, 2.75) is 52.9 Å². The van der Waals surface area contributed by atoms with Crippen LogP contribution in [0.5, 0.6) is 0 Å². The molecule has 2 rings (SSSR count). The third-order valence-electron chi connectivity index (χ3n) is 4.66. The summed E-state index contributed by atoms with van der Waals surface area (Å²) < 4.78 is 9.85. The van der Waals surface area contributed by atoms with Crippen LogP contribution in [0.1, 0.15) is 48.8 Å². The van der Waals surface area contributed by atoms with Crippen LogP contribution in [0.4, 0.5) is 0 Å². The highest BCUT2D eigenvalue weighted by atomic mass is 16.5. The number of rotatable bonds is 2. The number of pyridine rings is 1. The van der Waals surface area contributed by atoms with E-state index >= 15 is 0 Å². The first kappa shape index (κ1) is 17.4. The molecule has 0 aromatic carbocycles. The van der Waals surface area contributed by atoms with E-state index in [2.05, 4.69) is 25.8 Å². The van der Waals surface area contributed by atoms with E-state index in [-0.39, 0.29) is 11.8 Å². The number of nitrogens with zero attached hydrogens (tertiary/aromatic N) is 1. The number of hydrogen-bond acceptors (Lipinski definition) is 5. The standard InChI is InChI=1S/C18H25NO4/c1-10-12-8-18(15(20)22-6,16(21)23-7)9-13(12)14(11(2)19-10)17(3,4)5/h8-9H2,1-7H3. The van der Waals surface area contributed by atoms with Crippen LogP contribution in [0.2, 0.25) is 0 Å². The Morgan fingerprint density at radius 1 is 0.957 bits per heavy atom. The Labute approximate surface area is 137 Å².